The first kappa shape index (κ1) is 40.9. The maximum absolute atomic E-state index is 15.9. The molecule has 300 valence electrons. The van der Waals surface area contributed by atoms with E-state index in [0.29, 0.717) is 34.6 Å². The average Bonchev–Trinajstić information content (AvgIpc) is 3.60. The normalized spacial score (nSPS) is 22.7. The van der Waals surface area contributed by atoms with Crippen LogP contribution in [0.4, 0.5) is 4.39 Å². The molecule has 3 unspecified atom stereocenters. The van der Waals surface area contributed by atoms with Gasteiger partial charge in [0.05, 0.1) is 12.8 Å². The summed E-state index contributed by atoms with van der Waals surface area (Å²) in [5, 5.41) is 6.24. The summed E-state index contributed by atoms with van der Waals surface area (Å²) in [6.07, 6.45) is 11.6. The highest BCUT2D eigenvalue weighted by atomic mass is 19.1. The van der Waals surface area contributed by atoms with Crippen molar-refractivity contribution in [1.29, 1.82) is 0 Å². The highest BCUT2D eigenvalue weighted by molar-refractivity contribution is 5.96. The number of fused-ring (bicyclic) bond motifs is 1. The number of piperidine rings is 1. The smallest absolute Gasteiger partial charge is 0.330 e. The van der Waals surface area contributed by atoms with Crippen LogP contribution in [0.3, 0.4) is 0 Å². The Hall–Kier alpha value is -4.80. The van der Waals surface area contributed by atoms with Crippen LogP contribution in [0.1, 0.15) is 130 Å². The molecule has 0 spiro atoms. The Morgan fingerprint density at radius 3 is 2.54 bits per heavy atom. The van der Waals surface area contributed by atoms with Crippen LogP contribution < -0.4 is 26.6 Å². The summed E-state index contributed by atoms with van der Waals surface area (Å²) in [6.45, 7) is 10.3. The maximum Gasteiger partial charge on any atom is 0.330 e. The van der Waals surface area contributed by atoms with Crippen molar-refractivity contribution in [3.8, 4) is 17.1 Å². The quantitative estimate of drug-likeness (QED) is 0.185. The first-order valence-electron chi connectivity index (χ1n) is 20.4. The first-order chi connectivity index (χ1) is 26.8. The topological polar surface area (TPSA) is 124 Å². The number of methoxy groups -OCH3 is 1. The van der Waals surface area contributed by atoms with E-state index < -0.39 is 23.3 Å². The Morgan fingerprint density at radius 2 is 1.86 bits per heavy atom. The number of nitrogens with zero attached hydrogens (tertiary/aromatic N) is 3. The second-order valence-corrected chi connectivity index (χ2v) is 16.2. The van der Waals surface area contributed by atoms with Crippen LogP contribution >= 0.6 is 0 Å². The van der Waals surface area contributed by atoms with Gasteiger partial charge in [-0.1, -0.05) is 51.5 Å². The van der Waals surface area contributed by atoms with Gasteiger partial charge in [0.1, 0.15) is 11.7 Å². The molecule has 2 aliphatic carbocycles. The van der Waals surface area contributed by atoms with Crippen molar-refractivity contribution in [3.63, 3.8) is 0 Å². The standard InChI is InChI=1S/C45H58FN5O5/c1-9-28(19-21-45(11-3)22-20-29(10-2)40(52)49-45)23-30-15-16-31-24-37(48-42(56-8)39(30)31)32-13-12-14-33(26(32)4)38-27(5)36(18-17-35(38)46)47-41(53)34-25-50(6)44(55)51(7)43(34)54/h12-14,18,24-25,28-30,35H,9-11,15-17,19-23H2,1-8H3,(H,47,53)(H,49,52)/t28?,29?,30-,35?,45-/m1/s1. The molecule has 2 N–H and O–H groups in total. The molecule has 1 saturated heterocycles. The van der Waals surface area contributed by atoms with E-state index in [4.69, 9.17) is 9.72 Å². The highest BCUT2D eigenvalue weighted by Gasteiger charge is 2.38. The zero-order valence-electron chi connectivity index (χ0n) is 34.3. The average molecular weight is 768 g/mol. The summed E-state index contributed by atoms with van der Waals surface area (Å²) in [5.74, 6) is 1.20. The fraction of sp³-hybridized carbons (Fsp3) is 0.533. The number of aromatic nitrogens is 3. The van der Waals surface area contributed by atoms with E-state index in [9.17, 15) is 19.2 Å². The van der Waals surface area contributed by atoms with Gasteiger partial charge in [-0.15, -0.1) is 0 Å². The summed E-state index contributed by atoms with van der Waals surface area (Å²) in [7, 11) is 4.48. The maximum atomic E-state index is 15.9. The summed E-state index contributed by atoms with van der Waals surface area (Å²) in [5.41, 5.74) is 5.60. The number of aryl methyl sites for hydroxylation is 2. The lowest BCUT2D eigenvalue weighted by molar-refractivity contribution is -0.130. The summed E-state index contributed by atoms with van der Waals surface area (Å²) in [6, 6.07) is 7.98. The Labute approximate surface area is 329 Å². The van der Waals surface area contributed by atoms with Crippen molar-refractivity contribution in [1.82, 2.24) is 24.8 Å². The van der Waals surface area contributed by atoms with Gasteiger partial charge in [0.2, 0.25) is 11.8 Å². The number of pyridine rings is 1. The molecular formula is C45H58FN5O5. The van der Waals surface area contributed by atoms with Gasteiger partial charge >= 0.3 is 5.69 Å². The molecule has 0 bridgehead atoms. The number of alkyl halides is 1. The van der Waals surface area contributed by atoms with Crippen molar-refractivity contribution >= 4 is 17.4 Å². The second-order valence-electron chi connectivity index (χ2n) is 16.2. The number of benzene rings is 1. The number of carbonyl (C=O) groups excluding carboxylic acids is 2. The van der Waals surface area contributed by atoms with Crippen molar-refractivity contribution in [3.05, 3.63) is 96.5 Å². The predicted octanol–water partition coefficient (Wildman–Crippen LogP) is 7.60. The molecule has 11 heteroatoms. The molecule has 6 rings (SSSR count). The van der Waals surface area contributed by atoms with E-state index in [0.717, 1.165) is 91.2 Å². The van der Waals surface area contributed by atoms with Crippen molar-refractivity contribution < 1.29 is 18.7 Å². The van der Waals surface area contributed by atoms with E-state index in [-0.39, 0.29) is 29.3 Å². The summed E-state index contributed by atoms with van der Waals surface area (Å²) in [4.78, 5) is 56.1. The lowest BCUT2D eigenvalue weighted by atomic mass is 9.75. The monoisotopic (exact) mass is 767 g/mol. The Kier molecular flexibility index (Phi) is 12.2. The molecule has 10 nitrogen and oxygen atoms in total. The molecule has 0 radical (unpaired) electrons. The minimum Gasteiger partial charge on any atom is -0.481 e. The van der Waals surface area contributed by atoms with Gasteiger partial charge in [-0.05, 0) is 117 Å². The third-order valence-corrected chi connectivity index (χ3v) is 13.1. The first-order valence-corrected chi connectivity index (χ1v) is 20.4. The number of rotatable bonds is 13. The Balaban J connectivity index is 1.23. The van der Waals surface area contributed by atoms with Gasteiger partial charge in [0, 0.05) is 55.0 Å². The van der Waals surface area contributed by atoms with Crippen molar-refractivity contribution in [2.75, 3.05) is 7.11 Å². The van der Waals surface area contributed by atoms with Crippen LogP contribution in [0.2, 0.25) is 0 Å². The van der Waals surface area contributed by atoms with Crippen LogP contribution in [0.5, 0.6) is 5.88 Å². The molecule has 5 atom stereocenters. The molecule has 56 heavy (non-hydrogen) atoms. The van der Waals surface area contributed by atoms with Gasteiger partial charge in [-0.25, -0.2) is 14.2 Å². The number of hydrogen-bond donors (Lipinski definition) is 2. The predicted molar refractivity (Wildman–Crippen MR) is 218 cm³/mol. The lowest BCUT2D eigenvalue weighted by Gasteiger charge is -2.41. The number of halogens is 1. The van der Waals surface area contributed by atoms with Crippen molar-refractivity contribution in [2.24, 2.45) is 25.9 Å². The Morgan fingerprint density at radius 1 is 1.11 bits per heavy atom. The van der Waals surface area contributed by atoms with Crippen LogP contribution in [0.15, 0.2) is 57.4 Å². The van der Waals surface area contributed by atoms with Crippen LogP contribution in [-0.2, 0) is 25.3 Å². The molecule has 2 amide bonds. The van der Waals surface area contributed by atoms with Crippen molar-refractivity contribution in [2.45, 2.75) is 123 Å². The van der Waals surface area contributed by atoms with Gasteiger partial charge in [-0.3, -0.25) is 19.0 Å². The number of nitrogens with one attached hydrogen (secondary N) is 2. The minimum absolute atomic E-state index is 0.0513. The minimum atomic E-state index is -1.31. The lowest BCUT2D eigenvalue weighted by Crippen LogP contribution is -2.54. The fourth-order valence-corrected chi connectivity index (χ4v) is 9.37. The summed E-state index contributed by atoms with van der Waals surface area (Å²) < 4.78 is 24.0. The molecule has 3 heterocycles. The molecule has 1 aliphatic heterocycles. The van der Waals surface area contributed by atoms with Crippen LogP contribution in [0, 0.1) is 18.8 Å². The number of hydrogen-bond acceptors (Lipinski definition) is 6. The number of carbonyl (C=O) groups is 2. The SMILES string of the molecule is CCC(CC[C@]1(CC)CCC(CC)C(=O)N1)C[C@H]1CCc2cc(-c3cccc(C4=C(C)C(NC(=O)c5cn(C)c(=O)n(C)c5=O)=CCC4F)c3C)nc(OC)c21. The highest BCUT2D eigenvalue weighted by Crippen LogP contribution is 2.46. The van der Waals surface area contributed by atoms with Crippen LogP contribution in [-0.4, -0.2) is 44.8 Å². The van der Waals surface area contributed by atoms with E-state index in [1.54, 1.807) is 20.1 Å². The molecule has 3 aliphatic rings. The third kappa shape index (κ3) is 7.78. The molecule has 2 aromatic heterocycles. The largest absolute Gasteiger partial charge is 0.481 e. The van der Waals surface area contributed by atoms with Gasteiger partial charge in [-0.2, -0.15) is 0 Å². The van der Waals surface area contributed by atoms with Gasteiger partial charge < -0.3 is 19.9 Å². The molecule has 0 saturated carbocycles. The molecule has 1 fully saturated rings. The zero-order valence-corrected chi connectivity index (χ0v) is 34.3. The van der Waals surface area contributed by atoms with E-state index >= 15 is 4.39 Å². The number of amides is 2. The van der Waals surface area contributed by atoms with Gasteiger partial charge in [0.25, 0.3) is 11.5 Å². The van der Waals surface area contributed by atoms with E-state index in [2.05, 4.69) is 37.5 Å². The number of allylic oxidation sites excluding steroid dienone is 3. The Bertz CT molecular complexity index is 2200. The van der Waals surface area contributed by atoms with Gasteiger partial charge in [0.15, 0.2) is 0 Å². The fourth-order valence-electron chi connectivity index (χ4n) is 9.37. The molecular weight excluding hydrogens is 710 g/mol. The van der Waals surface area contributed by atoms with Crippen LogP contribution in [0.25, 0.3) is 16.8 Å². The van der Waals surface area contributed by atoms with E-state index in [1.807, 2.05) is 25.1 Å². The molecule has 3 aromatic rings. The number of ether oxygens (including phenoxy) is 1. The zero-order chi connectivity index (χ0) is 40.5. The third-order valence-electron chi connectivity index (χ3n) is 13.1. The summed E-state index contributed by atoms with van der Waals surface area (Å²) >= 11 is 0. The molecule has 1 aromatic carbocycles. The van der Waals surface area contributed by atoms with E-state index in [1.165, 1.54) is 36.0 Å². The second kappa shape index (κ2) is 16.7.